The molecule has 1 aromatic carbocycles. The van der Waals surface area contributed by atoms with Gasteiger partial charge in [0.1, 0.15) is 0 Å². The summed E-state index contributed by atoms with van der Waals surface area (Å²) in [5.41, 5.74) is -0.279. The van der Waals surface area contributed by atoms with Crippen LogP contribution in [0.15, 0.2) is 16.6 Å². The van der Waals surface area contributed by atoms with Crippen LogP contribution in [-0.4, -0.2) is 5.91 Å². The van der Waals surface area contributed by atoms with Crippen LogP contribution < -0.4 is 5.32 Å². The second-order valence-corrected chi connectivity index (χ2v) is 4.35. The standard InChI is InChI=1S/C10H7BrF3NO/c11-7-3-2-6(10(12,13)14)5-1-4-8(16)15-9(5)7/h2-3H,1,4H2,(H,15,16). The van der Waals surface area contributed by atoms with Crippen LogP contribution in [0, 0.1) is 0 Å². The number of alkyl halides is 3. The van der Waals surface area contributed by atoms with Crippen LogP contribution in [0.5, 0.6) is 0 Å². The van der Waals surface area contributed by atoms with Crippen LogP contribution in [0.4, 0.5) is 18.9 Å². The highest BCUT2D eigenvalue weighted by Crippen LogP contribution is 2.40. The third kappa shape index (κ3) is 1.93. The minimum Gasteiger partial charge on any atom is -0.325 e. The number of carbonyl (C=O) groups excluding carboxylic acids is 1. The Labute approximate surface area is 98.0 Å². The summed E-state index contributed by atoms with van der Waals surface area (Å²) in [4.78, 5) is 11.1. The highest BCUT2D eigenvalue weighted by Gasteiger charge is 2.36. The van der Waals surface area contributed by atoms with Crippen molar-refractivity contribution in [3.63, 3.8) is 0 Å². The van der Waals surface area contributed by atoms with Gasteiger partial charge in [-0.1, -0.05) is 0 Å². The van der Waals surface area contributed by atoms with Crippen molar-refractivity contribution in [2.75, 3.05) is 5.32 Å². The summed E-state index contributed by atoms with van der Waals surface area (Å²) in [6, 6.07) is 2.33. The lowest BCUT2D eigenvalue weighted by molar-refractivity contribution is -0.138. The molecule has 0 spiro atoms. The maximum atomic E-state index is 12.7. The van der Waals surface area contributed by atoms with Gasteiger partial charge in [-0.15, -0.1) is 0 Å². The van der Waals surface area contributed by atoms with Crippen LogP contribution in [0.2, 0.25) is 0 Å². The summed E-state index contributed by atoms with van der Waals surface area (Å²) in [6.07, 6.45) is -4.17. The summed E-state index contributed by atoms with van der Waals surface area (Å²) in [7, 11) is 0. The van der Waals surface area contributed by atoms with E-state index in [-0.39, 0.29) is 30.0 Å². The molecule has 1 aliphatic rings. The maximum Gasteiger partial charge on any atom is 0.416 e. The molecule has 6 heteroatoms. The van der Waals surface area contributed by atoms with Gasteiger partial charge in [-0.05, 0) is 40.0 Å². The van der Waals surface area contributed by atoms with Gasteiger partial charge in [0.05, 0.1) is 11.3 Å². The van der Waals surface area contributed by atoms with Crippen molar-refractivity contribution in [2.24, 2.45) is 0 Å². The number of rotatable bonds is 0. The summed E-state index contributed by atoms with van der Waals surface area (Å²) < 4.78 is 38.5. The molecule has 1 aliphatic heterocycles. The first-order chi connectivity index (χ1) is 7.39. The number of hydrogen-bond acceptors (Lipinski definition) is 1. The van der Waals surface area contributed by atoms with Crippen molar-refractivity contribution in [1.29, 1.82) is 0 Å². The number of halogens is 4. The van der Waals surface area contributed by atoms with E-state index in [9.17, 15) is 18.0 Å². The molecule has 0 bridgehead atoms. The Morgan fingerprint density at radius 2 is 1.94 bits per heavy atom. The Bertz CT molecular complexity index is 456. The monoisotopic (exact) mass is 293 g/mol. The Morgan fingerprint density at radius 3 is 2.56 bits per heavy atom. The molecule has 2 nitrogen and oxygen atoms in total. The van der Waals surface area contributed by atoms with Gasteiger partial charge in [-0.3, -0.25) is 4.79 Å². The molecule has 1 amide bonds. The Hall–Kier alpha value is -1.04. The van der Waals surface area contributed by atoms with Gasteiger partial charge >= 0.3 is 6.18 Å². The minimum absolute atomic E-state index is 0.0898. The molecule has 0 saturated heterocycles. The third-order valence-electron chi connectivity index (χ3n) is 2.43. The quantitative estimate of drug-likeness (QED) is 0.781. The highest BCUT2D eigenvalue weighted by atomic mass is 79.9. The summed E-state index contributed by atoms with van der Waals surface area (Å²) in [5.74, 6) is -0.257. The molecule has 0 saturated carbocycles. The Morgan fingerprint density at radius 1 is 1.25 bits per heavy atom. The van der Waals surface area contributed by atoms with Gasteiger partial charge in [-0.25, -0.2) is 0 Å². The molecule has 1 heterocycles. The molecule has 0 fully saturated rings. The van der Waals surface area contributed by atoms with Crippen LogP contribution in [-0.2, 0) is 17.4 Å². The fourth-order valence-corrected chi connectivity index (χ4v) is 2.19. The number of hydrogen-bond donors (Lipinski definition) is 1. The van der Waals surface area contributed by atoms with Crippen LogP contribution in [0.1, 0.15) is 17.5 Å². The number of anilines is 1. The Kier molecular flexibility index (Phi) is 2.69. The summed E-state index contributed by atoms with van der Waals surface area (Å²) in [6.45, 7) is 0. The van der Waals surface area contributed by atoms with Gasteiger partial charge in [0, 0.05) is 10.9 Å². The molecule has 1 N–H and O–H groups in total. The summed E-state index contributed by atoms with van der Waals surface area (Å²) in [5, 5.41) is 2.45. The van der Waals surface area contributed by atoms with E-state index in [0.717, 1.165) is 6.07 Å². The molecule has 2 rings (SSSR count). The van der Waals surface area contributed by atoms with Gasteiger partial charge in [0.15, 0.2) is 0 Å². The van der Waals surface area contributed by atoms with E-state index in [2.05, 4.69) is 21.2 Å². The van der Waals surface area contributed by atoms with E-state index in [0.29, 0.717) is 4.47 Å². The largest absolute Gasteiger partial charge is 0.416 e. The van der Waals surface area contributed by atoms with Crippen molar-refractivity contribution >= 4 is 27.5 Å². The van der Waals surface area contributed by atoms with Gasteiger partial charge in [0.2, 0.25) is 5.91 Å². The second kappa shape index (κ2) is 3.76. The van der Waals surface area contributed by atoms with E-state index in [1.807, 2.05) is 0 Å². The predicted octanol–water partition coefficient (Wildman–Crippen LogP) is 3.35. The first kappa shape index (κ1) is 11.4. The van der Waals surface area contributed by atoms with Crippen molar-refractivity contribution < 1.29 is 18.0 Å². The lowest BCUT2D eigenvalue weighted by Gasteiger charge is -2.22. The first-order valence-corrected chi connectivity index (χ1v) is 5.37. The van der Waals surface area contributed by atoms with E-state index < -0.39 is 11.7 Å². The molecule has 1 aromatic rings. The molecule has 0 unspecified atom stereocenters. The average molecular weight is 294 g/mol. The highest BCUT2D eigenvalue weighted by molar-refractivity contribution is 9.10. The van der Waals surface area contributed by atoms with Crippen molar-refractivity contribution in [1.82, 2.24) is 0 Å². The minimum atomic E-state index is -4.38. The SMILES string of the molecule is O=C1CCc2c(C(F)(F)F)ccc(Br)c2N1. The molecule has 0 aliphatic carbocycles. The molecular formula is C10H7BrF3NO. The van der Waals surface area contributed by atoms with E-state index >= 15 is 0 Å². The number of carbonyl (C=O) groups is 1. The van der Waals surface area contributed by atoms with Crippen molar-refractivity contribution in [3.8, 4) is 0 Å². The lowest BCUT2D eigenvalue weighted by atomic mass is 9.97. The lowest BCUT2D eigenvalue weighted by Crippen LogP contribution is -2.22. The third-order valence-corrected chi connectivity index (χ3v) is 3.09. The molecular weight excluding hydrogens is 287 g/mol. The topological polar surface area (TPSA) is 29.1 Å². The molecule has 86 valence electrons. The van der Waals surface area contributed by atoms with Gasteiger partial charge in [0.25, 0.3) is 0 Å². The maximum absolute atomic E-state index is 12.7. The predicted molar refractivity (Wildman–Crippen MR) is 56.1 cm³/mol. The Balaban J connectivity index is 2.59. The first-order valence-electron chi connectivity index (χ1n) is 4.58. The zero-order valence-corrected chi connectivity index (χ0v) is 9.58. The number of fused-ring (bicyclic) bond motifs is 1. The van der Waals surface area contributed by atoms with Crippen molar-refractivity contribution in [2.45, 2.75) is 19.0 Å². The zero-order chi connectivity index (χ0) is 11.9. The van der Waals surface area contributed by atoms with E-state index in [4.69, 9.17) is 0 Å². The molecule has 16 heavy (non-hydrogen) atoms. The fourth-order valence-electron chi connectivity index (χ4n) is 1.72. The van der Waals surface area contributed by atoms with Crippen molar-refractivity contribution in [3.05, 3.63) is 27.7 Å². The van der Waals surface area contributed by atoms with Crippen LogP contribution >= 0.6 is 15.9 Å². The average Bonchev–Trinajstić information content (AvgIpc) is 2.17. The van der Waals surface area contributed by atoms with E-state index in [1.165, 1.54) is 6.07 Å². The number of nitrogens with one attached hydrogen (secondary N) is 1. The van der Waals surface area contributed by atoms with Crippen LogP contribution in [0.25, 0.3) is 0 Å². The zero-order valence-electron chi connectivity index (χ0n) is 7.99. The molecule has 0 aromatic heterocycles. The summed E-state index contributed by atoms with van der Waals surface area (Å²) >= 11 is 3.13. The molecule has 0 radical (unpaired) electrons. The number of benzene rings is 1. The smallest absolute Gasteiger partial charge is 0.325 e. The van der Waals surface area contributed by atoms with E-state index in [1.54, 1.807) is 0 Å². The normalized spacial score (nSPS) is 15.6. The fraction of sp³-hybridized carbons (Fsp3) is 0.300. The molecule has 0 atom stereocenters. The van der Waals surface area contributed by atoms with Crippen LogP contribution in [0.3, 0.4) is 0 Å². The van der Waals surface area contributed by atoms with Gasteiger partial charge in [-0.2, -0.15) is 13.2 Å². The van der Waals surface area contributed by atoms with Gasteiger partial charge < -0.3 is 5.32 Å². The second-order valence-electron chi connectivity index (χ2n) is 3.49. The number of amides is 1.